The number of hydrogen-bond acceptors (Lipinski definition) is 4. The molecule has 0 unspecified atom stereocenters. The number of para-hydroxylation sites is 1. The molecular formula is C19H19BrN6O2. The molecule has 3 rings (SSSR count). The zero-order chi connectivity index (χ0) is 20.5. The number of benzene rings is 2. The summed E-state index contributed by atoms with van der Waals surface area (Å²) in [6.07, 6.45) is 0. The van der Waals surface area contributed by atoms with Crippen molar-refractivity contribution in [1.82, 2.24) is 0 Å². The van der Waals surface area contributed by atoms with Crippen molar-refractivity contribution < 1.29 is 9.59 Å². The molecular weight excluding hydrogens is 424 g/mol. The van der Waals surface area contributed by atoms with Gasteiger partial charge in [0.25, 0.3) is 0 Å². The number of rotatable bonds is 4. The van der Waals surface area contributed by atoms with Gasteiger partial charge in [-0.3, -0.25) is 15.0 Å². The molecule has 1 heterocycles. The van der Waals surface area contributed by atoms with Gasteiger partial charge in [0.1, 0.15) is 6.54 Å². The van der Waals surface area contributed by atoms with Crippen LogP contribution in [0, 0.1) is 5.41 Å². The number of halogens is 1. The Morgan fingerprint density at radius 3 is 2.71 bits per heavy atom. The van der Waals surface area contributed by atoms with Crippen LogP contribution >= 0.6 is 15.9 Å². The second-order valence-electron chi connectivity index (χ2n) is 6.84. The van der Waals surface area contributed by atoms with E-state index in [1.807, 2.05) is 32.0 Å². The van der Waals surface area contributed by atoms with Crippen molar-refractivity contribution in [2.45, 2.75) is 19.3 Å². The summed E-state index contributed by atoms with van der Waals surface area (Å²) in [7, 11) is 0. The van der Waals surface area contributed by atoms with Crippen LogP contribution in [-0.4, -0.2) is 24.2 Å². The van der Waals surface area contributed by atoms with Crippen molar-refractivity contribution in [3.63, 3.8) is 0 Å². The van der Waals surface area contributed by atoms with Gasteiger partial charge in [-0.15, -0.1) is 5.11 Å². The van der Waals surface area contributed by atoms with Crippen LogP contribution in [0.2, 0.25) is 0 Å². The average molecular weight is 443 g/mol. The average Bonchev–Trinajstić information content (AvgIpc) is 2.83. The highest BCUT2D eigenvalue weighted by Crippen LogP contribution is 2.42. The first-order chi connectivity index (χ1) is 13.3. The molecule has 0 bridgehead atoms. The molecule has 0 aliphatic carbocycles. The van der Waals surface area contributed by atoms with Crippen molar-refractivity contribution in [2.24, 2.45) is 16.2 Å². The summed E-state index contributed by atoms with van der Waals surface area (Å²) in [6, 6.07) is 12.3. The third kappa shape index (κ3) is 3.53. The Hall–Kier alpha value is -3.07. The van der Waals surface area contributed by atoms with Crippen LogP contribution in [0.3, 0.4) is 0 Å². The maximum atomic E-state index is 12.9. The van der Waals surface area contributed by atoms with Crippen LogP contribution in [-0.2, 0) is 15.0 Å². The zero-order valence-corrected chi connectivity index (χ0v) is 16.9. The molecule has 0 saturated carbocycles. The number of nitrogens with one attached hydrogen (secondary N) is 2. The summed E-state index contributed by atoms with van der Waals surface area (Å²) < 4.78 is 0.875. The SMILES string of the molecule is CC1(C)C(=O)N(CC(=O)Nc2ccccc2C(=N)N=NN)c2ccc(Br)cc21. The van der Waals surface area contributed by atoms with Crippen molar-refractivity contribution >= 4 is 45.0 Å². The number of amidine groups is 1. The summed E-state index contributed by atoms with van der Waals surface area (Å²) in [4.78, 5) is 27.0. The lowest BCUT2D eigenvalue weighted by molar-refractivity contribution is -0.124. The van der Waals surface area contributed by atoms with Gasteiger partial charge < -0.3 is 16.1 Å². The molecule has 1 aliphatic rings. The van der Waals surface area contributed by atoms with Gasteiger partial charge in [0.15, 0.2) is 5.84 Å². The van der Waals surface area contributed by atoms with Gasteiger partial charge in [-0.2, -0.15) is 0 Å². The molecule has 0 aromatic heterocycles. The second kappa shape index (κ2) is 7.51. The predicted molar refractivity (Wildman–Crippen MR) is 110 cm³/mol. The molecule has 8 nitrogen and oxygen atoms in total. The van der Waals surface area contributed by atoms with Gasteiger partial charge in [-0.25, -0.2) is 0 Å². The molecule has 2 amide bonds. The fraction of sp³-hybridized carbons (Fsp3) is 0.211. The number of hydrogen-bond donors (Lipinski definition) is 3. The van der Waals surface area contributed by atoms with Crippen molar-refractivity contribution in [3.05, 3.63) is 58.1 Å². The van der Waals surface area contributed by atoms with Gasteiger partial charge in [0.05, 0.1) is 11.1 Å². The van der Waals surface area contributed by atoms with Gasteiger partial charge >= 0.3 is 0 Å². The number of fused-ring (bicyclic) bond motifs is 1. The Morgan fingerprint density at radius 1 is 1.29 bits per heavy atom. The van der Waals surface area contributed by atoms with E-state index in [2.05, 4.69) is 31.6 Å². The summed E-state index contributed by atoms with van der Waals surface area (Å²) in [6.45, 7) is 3.54. The van der Waals surface area contributed by atoms with Gasteiger partial charge in [0, 0.05) is 15.7 Å². The third-order valence-corrected chi connectivity index (χ3v) is 5.11. The molecule has 2 aromatic rings. The summed E-state index contributed by atoms with van der Waals surface area (Å²) in [5.41, 5.74) is 1.63. The zero-order valence-electron chi connectivity index (χ0n) is 15.4. The van der Waals surface area contributed by atoms with Crippen LogP contribution in [0.15, 0.2) is 57.3 Å². The highest BCUT2D eigenvalue weighted by molar-refractivity contribution is 9.10. The molecule has 0 fully saturated rings. The third-order valence-electron chi connectivity index (χ3n) is 4.62. The van der Waals surface area contributed by atoms with E-state index in [0.717, 1.165) is 10.0 Å². The number of carbonyl (C=O) groups is 2. The molecule has 2 aromatic carbocycles. The van der Waals surface area contributed by atoms with Gasteiger partial charge in [-0.05, 0) is 49.7 Å². The number of anilines is 2. The van der Waals surface area contributed by atoms with E-state index >= 15 is 0 Å². The number of carbonyl (C=O) groups excluding carboxylic acids is 2. The predicted octanol–water partition coefficient (Wildman–Crippen LogP) is 3.36. The summed E-state index contributed by atoms with van der Waals surface area (Å²) in [5, 5.41) is 17.2. The fourth-order valence-electron chi connectivity index (χ4n) is 3.21. The van der Waals surface area contributed by atoms with Crippen LogP contribution in [0.1, 0.15) is 25.0 Å². The lowest BCUT2D eigenvalue weighted by atomic mass is 9.86. The van der Waals surface area contributed by atoms with E-state index in [1.165, 1.54) is 4.90 Å². The van der Waals surface area contributed by atoms with Crippen molar-refractivity contribution in [2.75, 3.05) is 16.8 Å². The Kier molecular flexibility index (Phi) is 5.28. The van der Waals surface area contributed by atoms with Gasteiger partial charge in [0.2, 0.25) is 11.8 Å². The van der Waals surface area contributed by atoms with E-state index in [9.17, 15) is 9.59 Å². The maximum Gasteiger partial charge on any atom is 0.244 e. The van der Waals surface area contributed by atoms with Crippen molar-refractivity contribution in [3.8, 4) is 0 Å². The topological polar surface area (TPSA) is 124 Å². The van der Waals surface area contributed by atoms with Crippen LogP contribution < -0.4 is 16.1 Å². The van der Waals surface area contributed by atoms with E-state index in [1.54, 1.807) is 24.3 Å². The molecule has 0 saturated heterocycles. The molecule has 1 aliphatic heterocycles. The van der Waals surface area contributed by atoms with E-state index in [4.69, 9.17) is 11.3 Å². The molecule has 0 atom stereocenters. The minimum absolute atomic E-state index is 0.142. The summed E-state index contributed by atoms with van der Waals surface area (Å²) in [5.74, 6) is 4.30. The monoisotopic (exact) mass is 442 g/mol. The quantitative estimate of drug-likeness (QED) is 0.221. The Bertz CT molecular complexity index is 1000. The molecule has 9 heteroatoms. The van der Waals surface area contributed by atoms with E-state index < -0.39 is 5.41 Å². The molecule has 28 heavy (non-hydrogen) atoms. The molecule has 0 spiro atoms. The van der Waals surface area contributed by atoms with Crippen molar-refractivity contribution in [1.29, 1.82) is 5.41 Å². The van der Waals surface area contributed by atoms with Crippen LogP contribution in [0.5, 0.6) is 0 Å². The van der Waals surface area contributed by atoms with Crippen LogP contribution in [0.4, 0.5) is 11.4 Å². The number of amides is 2. The smallest absolute Gasteiger partial charge is 0.244 e. The van der Waals surface area contributed by atoms with E-state index in [-0.39, 0.29) is 24.2 Å². The number of nitrogens with two attached hydrogens (primary N) is 1. The fourth-order valence-corrected chi connectivity index (χ4v) is 3.57. The van der Waals surface area contributed by atoms with Crippen LogP contribution in [0.25, 0.3) is 0 Å². The minimum atomic E-state index is -0.721. The van der Waals surface area contributed by atoms with Gasteiger partial charge in [-0.1, -0.05) is 33.3 Å². The highest BCUT2D eigenvalue weighted by Gasteiger charge is 2.44. The Labute approximate surface area is 170 Å². The largest absolute Gasteiger partial charge is 0.324 e. The second-order valence-corrected chi connectivity index (χ2v) is 7.75. The minimum Gasteiger partial charge on any atom is -0.324 e. The lowest BCUT2D eigenvalue weighted by Gasteiger charge is -2.20. The molecule has 0 radical (unpaired) electrons. The standard InChI is InChI=1S/C19H19BrN6O2/c1-19(2)13-9-11(20)7-8-15(13)26(18(19)28)10-16(27)23-14-6-4-3-5-12(14)17(21)24-25-22/h3-9H,10H2,1-2H3,(H,23,27)(H3,21,22,24). The van der Waals surface area contributed by atoms with E-state index in [0.29, 0.717) is 16.9 Å². The number of nitrogens with zero attached hydrogens (tertiary/aromatic N) is 3. The Morgan fingerprint density at radius 2 is 2.00 bits per heavy atom. The highest BCUT2D eigenvalue weighted by atomic mass is 79.9. The normalized spacial score (nSPS) is 15.0. The molecule has 144 valence electrons. The maximum absolute atomic E-state index is 12.9. The first-order valence-electron chi connectivity index (χ1n) is 8.46. The lowest BCUT2D eigenvalue weighted by Crippen LogP contribution is -2.40. The summed E-state index contributed by atoms with van der Waals surface area (Å²) >= 11 is 3.43. The Balaban J connectivity index is 1.84. The molecule has 4 N–H and O–H groups in total. The first kappa shape index (κ1) is 19.7. The first-order valence-corrected chi connectivity index (χ1v) is 9.25.